The van der Waals surface area contributed by atoms with Crippen molar-refractivity contribution in [2.24, 2.45) is 0 Å². The van der Waals surface area contributed by atoms with Crippen molar-refractivity contribution >= 4 is 39.3 Å². The standard InChI is InChI=1S/C23H25N3O4S2/c27-22(15-21-23(28)24-19-6-1-2-7-20(19)31-21)25-10-12-26(13-11-25)32(29,30)18-9-8-16-4-3-5-17(16)14-18/h1-2,6-9,14,21H,3-5,10-13,15H2,(H,24,28)/t21-/m1/s1. The Hall–Kier alpha value is -2.36. The lowest BCUT2D eigenvalue weighted by Crippen LogP contribution is -2.51. The van der Waals surface area contributed by atoms with E-state index in [1.807, 2.05) is 36.4 Å². The molecule has 0 unspecified atom stereocenters. The Balaban J connectivity index is 1.20. The lowest BCUT2D eigenvalue weighted by Gasteiger charge is -2.35. The molecule has 0 spiro atoms. The maximum absolute atomic E-state index is 13.1. The number of benzene rings is 2. The molecule has 0 saturated carbocycles. The van der Waals surface area contributed by atoms with Gasteiger partial charge in [0.25, 0.3) is 0 Å². The van der Waals surface area contributed by atoms with Crippen LogP contribution in [0.1, 0.15) is 24.0 Å². The van der Waals surface area contributed by atoms with Crippen LogP contribution in [0.2, 0.25) is 0 Å². The van der Waals surface area contributed by atoms with Gasteiger partial charge in [0, 0.05) is 37.5 Å². The molecule has 1 aliphatic carbocycles. The predicted octanol–water partition coefficient (Wildman–Crippen LogP) is 2.51. The lowest BCUT2D eigenvalue weighted by molar-refractivity contribution is -0.133. The molecule has 9 heteroatoms. The number of hydrogen-bond acceptors (Lipinski definition) is 5. The van der Waals surface area contributed by atoms with Crippen LogP contribution in [0.4, 0.5) is 5.69 Å². The van der Waals surface area contributed by atoms with Gasteiger partial charge in [0.1, 0.15) is 0 Å². The number of piperazine rings is 1. The molecular formula is C23H25N3O4S2. The summed E-state index contributed by atoms with van der Waals surface area (Å²) in [6.07, 6.45) is 3.11. The van der Waals surface area contributed by atoms with Crippen molar-refractivity contribution in [2.45, 2.75) is 40.7 Å². The fraction of sp³-hybridized carbons (Fsp3) is 0.391. The molecule has 2 heterocycles. The van der Waals surface area contributed by atoms with Crippen LogP contribution in [0.5, 0.6) is 0 Å². The minimum absolute atomic E-state index is 0.0996. The summed E-state index contributed by atoms with van der Waals surface area (Å²) >= 11 is 1.40. The van der Waals surface area contributed by atoms with E-state index in [1.54, 1.807) is 11.0 Å². The molecule has 3 aliphatic rings. The van der Waals surface area contributed by atoms with Gasteiger partial charge in [-0.15, -0.1) is 11.8 Å². The number of fused-ring (bicyclic) bond motifs is 2. The van der Waals surface area contributed by atoms with E-state index in [0.29, 0.717) is 18.0 Å². The topological polar surface area (TPSA) is 86.8 Å². The van der Waals surface area contributed by atoms with Crippen molar-refractivity contribution in [3.8, 4) is 0 Å². The van der Waals surface area contributed by atoms with Crippen molar-refractivity contribution in [3.05, 3.63) is 53.6 Å². The second-order valence-corrected chi connectivity index (χ2v) is 11.5. The van der Waals surface area contributed by atoms with Crippen LogP contribution in [0, 0.1) is 0 Å². The van der Waals surface area contributed by atoms with Gasteiger partial charge in [-0.3, -0.25) is 9.59 Å². The van der Waals surface area contributed by atoms with Crippen LogP contribution in [-0.2, 0) is 32.5 Å². The Morgan fingerprint density at radius 2 is 1.78 bits per heavy atom. The number of nitrogens with zero attached hydrogens (tertiary/aromatic N) is 2. The fourth-order valence-corrected chi connectivity index (χ4v) is 7.13. The molecule has 32 heavy (non-hydrogen) atoms. The number of para-hydroxylation sites is 1. The number of amides is 2. The minimum Gasteiger partial charge on any atom is -0.340 e. The zero-order chi connectivity index (χ0) is 22.3. The van der Waals surface area contributed by atoms with Crippen LogP contribution in [0.25, 0.3) is 0 Å². The summed E-state index contributed by atoms with van der Waals surface area (Å²) < 4.78 is 27.7. The molecule has 1 N–H and O–H groups in total. The van der Waals surface area contributed by atoms with Crippen molar-refractivity contribution in [1.82, 2.24) is 9.21 Å². The second kappa shape index (κ2) is 8.53. The van der Waals surface area contributed by atoms with E-state index in [4.69, 9.17) is 0 Å². The molecule has 1 atom stereocenters. The van der Waals surface area contributed by atoms with Crippen molar-refractivity contribution in [2.75, 3.05) is 31.5 Å². The smallest absolute Gasteiger partial charge is 0.243 e. The molecule has 5 rings (SSSR count). The van der Waals surface area contributed by atoms with E-state index in [1.165, 1.54) is 21.6 Å². The van der Waals surface area contributed by atoms with Gasteiger partial charge in [-0.1, -0.05) is 18.2 Å². The number of sulfonamides is 1. The Bertz CT molecular complexity index is 1170. The first-order valence-corrected chi connectivity index (χ1v) is 13.2. The fourth-order valence-electron chi connectivity index (χ4n) is 4.55. The summed E-state index contributed by atoms with van der Waals surface area (Å²) in [5.41, 5.74) is 3.15. The molecule has 0 aromatic heterocycles. The van der Waals surface area contributed by atoms with Crippen molar-refractivity contribution < 1.29 is 18.0 Å². The van der Waals surface area contributed by atoms with E-state index < -0.39 is 15.3 Å². The van der Waals surface area contributed by atoms with E-state index >= 15 is 0 Å². The average molecular weight is 472 g/mol. The highest BCUT2D eigenvalue weighted by Gasteiger charge is 2.34. The third kappa shape index (κ3) is 4.04. The van der Waals surface area contributed by atoms with Crippen LogP contribution >= 0.6 is 11.8 Å². The molecule has 0 bridgehead atoms. The number of thioether (sulfide) groups is 1. The third-order valence-corrected chi connectivity index (χ3v) is 9.54. The first-order chi connectivity index (χ1) is 15.4. The number of nitrogens with one attached hydrogen (secondary N) is 1. The average Bonchev–Trinajstić information content (AvgIpc) is 3.27. The highest BCUT2D eigenvalue weighted by atomic mass is 32.2. The Kier molecular flexibility index (Phi) is 5.73. The molecule has 7 nitrogen and oxygen atoms in total. The molecule has 1 fully saturated rings. The Morgan fingerprint density at radius 1 is 1.03 bits per heavy atom. The van der Waals surface area contributed by atoms with Gasteiger partial charge in [0.15, 0.2) is 0 Å². The SMILES string of the molecule is O=C1Nc2ccccc2S[C@@H]1CC(=O)N1CCN(S(=O)(=O)c2ccc3c(c2)CCC3)CC1. The first kappa shape index (κ1) is 21.5. The van der Waals surface area contributed by atoms with Gasteiger partial charge in [-0.25, -0.2) is 8.42 Å². The largest absolute Gasteiger partial charge is 0.340 e. The number of carbonyl (C=O) groups excluding carboxylic acids is 2. The normalized spacial score (nSPS) is 21.1. The summed E-state index contributed by atoms with van der Waals surface area (Å²) in [6.45, 7) is 1.19. The molecule has 2 amide bonds. The quantitative estimate of drug-likeness (QED) is 0.741. The predicted molar refractivity (Wildman–Crippen MR) is 123 cm³/mol. The monoisotopic (exact) mass is 471 g/mol. The third-order valence-electron chi connectivity index (χ3n) is 6.37. The minimum atomic E-state index is -3.58. The van der Waals surface area contributed by atoms with Gasteiger partial charge < -0.3 is 10.2 Å². The zero-order valence-corrected chi connectivity index (χ0v) is 19.3. The van der Waals surface area contributed by atoms with E-state index in [9.17, 15) is 18.0 Å². The first-order valence-electron chi connectivity index (χ1n) is 10.9. The van der Waals surface area contributed by atoms with Crippen LogP contribution in [-0.4, -0.2) is 60.9 Å². The number of hydrogen-bond donors (Lipinski definition) is 1. The molecule has 1 saturated heterocycles. The molecule has 168 valence electrons. The maximum atomic E-state index is 13.1. The molecule has 0 radical (unpaired) electrons. The number of aryl methyl sites for hydroxylation is 2. The van der Waals surface area contributed by atoms with Gasteiger partial charge in [0.05, 0.1) is 15.8 Å². The van der Waals surface area contributed by atoms with Crippen LogP contribution in [0.15, 0.2) is 52.3 Å². The number of rotatable bonds is 4. The second-order valence-electron chi connectivity index (χ2n) is 8.36. The highest BCUT2D eigenvalue weighted by molar-refractivity contribution is 8.01. The van der Waals surface area contributed by atoms with Crippen LogP contribution < -0.4 is 5.32 Å². The van der Waals surface area contributed by atoms with Gasteiger partial charge in [-0.05, 0) is 54.7 Å². The Labute approximate surface area is 192 Å². The summed E-state index contributed by atoms with van der Waals surface area (Å²) in [4.78, 5) is 28.2. The lowest BCUT2D eigenvalue weighted by atomic mass is 10.1. The summed E-state index contributed by atoms with van der Waals surface area (Å²) in [5, 5.41) is 2.38. The molecular weight excluding hydrogens is 446 g/mol. The van der Waals surface area contributed by atoms with E-state index in [-0.39, 0.29) is 31.3 Å². The maximum Gasteiger partial charge on any atom is 0.243 e. The number of carbonyl (C=O) groups is 2. The van der Waals surface area contributed by atoms with Crippen molar-refractivity contribution in [1.29, 1.82) is 0 Å². The summed E-state index contributed by atoms with van der Waals surface area (Å²) in [7, 11) is -3.58. The Morgan fingerprint density at radius 3 is 2.59 bits per heavy atom. The summed E-state index contributed by atoms with van der Waals surface area (Å²) in [6, 6.07) is 13.0. The van der Waals surface area contributed by atoms with Gasteiger partial charge >= 0.3 is 0 Å². The zero-order valence-electron chi connectivity index (χ0n) is 17.6. The van der Waals surface area contributed by atoms with Gasteiger partial charge in [-0.2, -0.15) is 4.31 Å². The molecule has 2 aromatic rings. The summed E-state index contributed by atoms with van der Waals surface area (Å²) in [5.74, 6) is -0.286. The van der Waals surface area contributed by atoms with Crippen LogP contribution in [0.3, 0.4) is 0 Å². The highest BCUT2D eigenvalue weighted by Crippen LogP contribution is 2.37. The molecule has 2 aliphatic heterocycles. The van der Waals surface area contributed by atoms with E-state index in [2.05, 4.69) is 5.32 Å². The number of anilines is 1. The molecule has 2 aromatic carbocycles. The van der Waals surface area contributed by atoms with E-state index in [0.717, 1.165) is 35.4 Å². The van der Waals surface area contributed by atoms with Gasteiger partial charge in [0.2, 0.25) is 21.8 Å². The van der Waals surface area contributed by atoms with Crippen molar-refractivity contribution in [3.63, 3.8) is 0 Å².